The first-order chi connectivity index (χ1) is 37.2. The first kappa shape index (κ1) is 42.3. The van der Waals surface area contributed by atoms with Crippen molar-refractivity contribution >= 4 is 65.4 Å². The van der Waals surface area contributed by atoms with Crippen LogP contribution in [0.3, 0.4) is 0 Å². The molecule has 15 rings (SSSR count). The molecule has 0 spiro atoms. The minimum atomic E-state index is 0.513. The maximum atomic E-state index is 5.59. The van der Waals surface area contributed by atoms with Gasteiger partial charge >= 0.3 is 0 Å². The van der Waals surface area contributed by atoms with Crippen LogP contribution in [0.15, 0.2) is 249 Å². The lowest BCUT2D eigenvalue weighted by Crippen LogP contribution is -2.07. The fourth-order valence-electron chi connectivity index (χ4n) is 11.1. The first-order valence-electron chi connectivity index (χ1n) is 25.0. The summed E-state index contributed by atoms with van der Waals surface area (Å²) in [5, 5.41) is 6.57. The van der Waals surface area contributed by atoms with Crippen molar-refractivity contribution in [2.24, 2.45) is 0 Å². The Balaban J connectivity index is 1.01. The zero-order valence-corrected chi connectivity index (χ0v) is 40.2. The van der Waals surface area contributed by atoms with Crippen molar-refractivity contribution in [2.75, 3.05) is 0 Å². The molecule has 0 saturated carbocycles. The molecule has 9 nitrogen and oxygen atoms in total. The highest BCUT2D eigenvalue weighted by Gasteiger charge is 2.25. The second-order valence-electron chi connectivity index (χ2n) is 18.7. The molecule has 9 heteroatoms. The maximum Gasteiger partial charge on any atom is 0.238 e. The Morgan fingerprint density at radius 3 is 1.24 bits per heavy atom. The van der Waals surface area contributed by atoms with Gasteiger partial charge in [0.1, 0.15) is 0 Å². The van der Waals surface area contributed by atoms with Crippen LogP contribution in [0.25, 0.3) is 140 Å². The molecule has 0 aliphatic carbocycles. The SMILES string of the molecule is c1ccc(-c2nc(-c3ccccc3)nc(-c3cccc(-n4c5ccccc5c5ccc6c7ccccc7n(-c7nc(-c8ccccc8)nc(-c8cccc9c8c8ccccc8n9-c8ccccc8)n7)c6c54)c3)n2)cc1. The van der Waals surface area contributed by atoms with Crippen molar-refractivity contribution in [1.82, 2.24) is 43.6 Å². The predicted molar refractivity (Wildman–Crippen MR) is 303 cm³/mol. The van der Waals surface area contributed by atoms with Crippen molar-refractivity contribution in [3.8, 4) is 74.3 Å². The summed E-state index contributed by atoms with van der Waals surface area (Å²) in [6.07, 6.45) is 0. The van der Waals surface area contributed by atoms with Crippen LogP contribution < -0.4 is 0 Å². The largest absolute Gasteiger partial charge is 0.309 e. The molecular formula is C66H41N9. The van der Waals surface area contributed by atoms with Crippen LogP contribution in [0.1, 0.15) is 0 Å². The Morgan fingerprint density at radius 2 is 0.640 bits per heavy atom. The van der Waals surface area contributed by atoms with Crippen molar-refractivity contribution < 1.29 is 0 Å². The van der Waals surface area contributed by atoms with Gasteiger partial charge in [0.25, 0.3) is 0 Å². The Morgan fingerprint density at radius 1 is 0.240 bits per heavy atom. The zero-order valence-electron chi connectivity index (χ0n) is 40.2. The fourth-order valence-corrected chi connectivity index (χ4v) is 11.1. The Bertz CT molecular complexity index is 4640. The molecule has 75 heavy (non-hydrogen) atoms. The Kier molecular flexibility index (Phi) is 9.67. The quantitative estimate of drug-likeness (QED) is 0.151. The number of fused-ring (bicyclic) bond motifs is 10. The summed E-state index contributed by atoms with van der Waals surface area (Å²) in [5.41, 5.74) is 12.7. The second-order valence-corrected chi connectivity index (χ2v) is 18.7. The molecule has 350 valence electrons. The lowest BCUT2D eigenvalue weighted by atomic mass is 10.1. The number of rotatable bonds is 8. The molecule has 15 aromatic rings. The molecule has 0 saturated heterocycles. The van der Waals surface area contributed by atoms with Gasteiger partial charge in [-0.25, -0.2) is 19.9 Å². The third-order valence-corrected chi connectivity index (χ3v) is 14.3. The number of para-hydroxylation sites is 4. The topological polar surface area (TPSA) is 92.1 Å². The van der Waals surface area contributed by atoms with Gasteiger partial charge in [0.05, 0.1) is 33.1 Å². The van der Waals surface area contributed by atoms with Crippen LogP contribution >= 0.6 is 0 Å². The van der Waals surface area contributed by atoms with Gasteiger partial charge in [0, 0.05) is 71.5 Å². The molecule has 0 unspecified atom stereocenters. The third-order valence-electron chi connectivity index (χ3n) is 14.3. The molecule has 5 heterocycles. The van der Waals surface area contributed by atoms with Gasteiger partial charge in [-0.2, -0.15) is 9.97 Å². The van der Waals surface area contributed by atoms with Crippen molar-refractivity contribution in [2.45, 2.75) is 0 Å². The first-order valence-corrected chi connectivity index (χ1v) is 25.0. The summed E-state index contributed by atoms with van der Waals surface area (Å²) in [5.74, 6) is 3.47. The molecule has 0 aliphatic heterocycles. The summed E-state index contributed by atoms with van der Waals surface area (Å²) in [6.45, 7) is 0. The molecule has 10 aromatic carbocycles. The van der Waals surface area contributed by atoms with Crippen molar-refractivity contribution in [3.63, 3.8) is 0 Å². The highest BCUT2D eigenvalue weighted by atomic mass is 15.2. The Labute approximate surface area is 430 Å². The van der Waals surface area contributed by atoms with Crippen LogP contribution in [-0.2, 0) is 0 Å². The average Bonchev–Trinajstić information content (AvgIpc) is 4.21. The van der Waals surface area contributed by atoms with Crippen LogP contribution in [0.4, 0.5) is 0 Å². The van der Waals surface area contributed by atoms with E-state index in [0.717, 1.165) is 105 Å². The van der Waals surface area contributed by atoms with Gasteiger partial charge in [0.15, 0.2) is 29.1 Å². The van der Waals surface area contributed by atoms with Crippen LogP contribution in [-0.4, -0.2) is 43.6 Å². The summed E-state index contributed by atoms with van der Waals surface area (Å²) >= 11 is 0. The highest BCUT2D eigenvalue weighted by molar-refractivity contribution is 6.24. The second kappa shape index (κ2) is 17.1. The number of aromatic nitrogens is 9. The van der Waals surface area contributed by atoms with E-state index < -0.39 is 0 Å². The predicted octanol–water partition coefficient (Wildman–Crippen LogP) is 15.7. The maximum absolute atomic E-state index is 5.59. The van der Waals surface area contributed by atoms with Gasteiger partial charge in [-0.15, -0.1) is 0 Å². The summed E-state index contributed by atoms with van der Waals surface area (Å²) in [6, 6.07) is 86.2. The summed E-state index contributed by atoms with van der Waals surface area (Å²) in [4.78, 5) is 31.7. The monoisotopic (exact) mass is 959 g/mol. The van der Waals surface area contributed by atoms with Gasteiger partial charge < -0.3 is 9.13 Å². The van der Waals surface area contributed by atoms with E-state index in [1.807, 2.05) is 78.9 Å². The van der Waals surface area contributed by atoms with Gasteiger partial charge in [0.2, 0.25) is 5.95 Å². The van der Waals surface area contributed by atoms with E-state index in [-0.39, 0.29) is 0 Å². The molecular weight excluding hydrogens is 919 g/mol. The Hall–Kier alpha value is -10.4. The minimum absolute atomic E-state index is 0.513. The number of hydrogen-bond acceptors (Lipinski definition) is 6. The van der Waals surface area contributed by atoms with Gasteiger partial charge in [-0.3, -0.25) is 4.57 Å². The smallest absolute Gasteiger partial charge is 0.238 e. The van der Waals surface area contributed by atoms with E-state index in [2.05, 4.69) is 184 Å². The van der Waals surface area contributed by atoms with Gasteiger partial charge in [-0.05, 0) is 48.5 Å². The zero-order chi connectivity index (χ0) is 49.4. The molecule has 5 aromatic heterocycles. The third kappa shape index (κ3) is 6.86. The average molecular weight is 960 g/mol. The molecule has 0 radical (unpaired) electrons. The molecule has 0 bridgehead atoms. The molecule has 0 N–H and O–H groups in total. The van der Waals surface area contributed by atoms with Crippen LogP contribution in [0.5, 0.6) is 0 Å². The van der Waals surface area contributed by atoms with E-state index in [9.17, 15) is 0 Å². The number of nitrogens with zero attached hydrogens (tertiary/aromatic N) is 9. The van der Waals surface area contributed by atoms with Crippen molar-refractivity contribution in [1.29, 1.82) is 0 Å². The van der Waals surface area contributed by atoms with Crippen LogP contribution in [0.2, 0.25) is 0 Å². The lowest BCUT2D eigenvalue weighted by molar-refractivity contribution is 0.954. The van der Waals surface area contributed by atoms with E-state index in [1.54, 1.807) is 0 Å². The van der Waals surface area contributed by atoms with E-state index in [0.29, 0.717) is 35.1 Å². The van der Waals surface area contributed by atoms with E-state index in [4.69, 9.17) is 29.9 Å². The molecule has 0 amide bonds. The molecule has 0 atom stereocenters. The van der Waals surface area contributed by atoms with Crippen LogP contribution in [0, 0.1) is 0 Å². The fraction of sp³-hybridized carbons (Fsp3) is 0. The lowest BCUT2D eigenvalue weighted by Gasteiger charge is -2.14. The van der Waals surface area contributed by atoms with Crippen molar-refractivity contribution in [3.05, 3.63) is 249 Å². The molecule has 0 aliphatic rings. The number of hydrogen-bond donors (Lipinski definition) is 0. The molecule has 0 fully saturated rings. The summed E-state index contributed by atoms with van der Waals surface area (Å²) in [7, 11) is 0. The highest BCUT2D eigenvalue weighted by Crippen LogP contribution is 2.43. The summed E-state index contributed by atoms with van der Waals surface area (Å²) < 4.78 is 6.96. The standard InChI is InChI=1S/C66H41N9/c1-5-21-42(22-6-1)61-67-62(43-23-7-2-8-24-43)69-64(68-61)45-27-19-30-47(41-45)74-54-35-16-13-31-48(54)50-39-40-51-49-32-14-17-36-55(49)75(60(51)59(50)74)66-71-63(44-25-9-3-10-26-44)70-65(72-66)53-34-20-38-57-58(53)52-33-15-18-37-56(52)73(57)46-28-11-4-12-29-46/h1-41H. The van der Waals surface area contributed by atoms with E-state index >= 15 is 0 Å². The van der Waals surface area contributed by atoms with E-state index in [1.165, 1.54) is 0 Å². The van der Waals surface area contributed by atoms with Gasteiger partial charge in [-0.1, -0.05) is 200 Å². The number of benzene rings is 10. The minimum Gasteiger partial charge on any atom is -0.309 e. The normalized spacial score (nSPS) is 11.7.